The molecule has 1 amide bonds. The zero-order valence-electron chi connectivity index (χ0n) is 17.0. The number of amides is 1. The molecule has 1 aliphatic rings. The Hall–Kier alpha value is -3.72. The fourth-order valence-electron chi connectivity index (χ4n) is 3.20. The average Bonchev–Trinajstić information content (AvgIpc) is 2.73. The molecule has 0 spiro atoms. The Morgan fingerprint density at radius 3 is 2.67 bits per heavy atom. The maximum Gasteiger partial charge on any atom is 0.253 e. The van der Waals surface area contributed by atoms with E-state index < -0.39 is 0 Å². The Balaban J connectivity index is 1.75. The number of allylic oxidation sites excluding steroid dienone is 5. The second-order valence-corrected chi connectivity index (χ2v) is 7.36. The third-order valence-corrected chi connectivity index (χ3v) is 4.91. The molecule has 0 bridgehead atoms. The topological polar surface area (TPSA) is 77.8 Å². The zero-order chi connectivity index (χ0) is 21.7. The van der Waals surface area contributed by atoms with E-state index in [1.807, 2.05) is 26.0 Å². The van der Waals surface area contributed by atoms with Crippen molar-refractivity contribution in [2.45, 2.75) is 26.8 Å². The smallest absolute Gasteiger partial charge is 0.253 e. The number of anilines is 1. The lowest BCUT2D eigenvalue weighted by molar-refractivity contribution is 0.0950. The van der Waals surface area contributed by atoms with E-state index in [1.54, 1.807) is 18.2 Å². The van der Waals surface area contributed by atoms with Gasteiger partial charge in [0.2, 0.25) is 0 Å². The van der Waals surface area contributed by atoms with Crippen molar-refractivity contribution in [2.75, 3.05) is 5.32 Å². The summed E-state index contributed by atoms with van der Waals surface area (Å²) in [6.45, 7) is 8.10. The number of rotatable bonds is 6. The van der Waals surface area contributed by atoms with Crippen molar-refractivity contribution in [3.05, 3.63) is 89.0 Å². The summed E-state index contributed by atoms with van der Waals surface area (Å²) in [6.07, 6.45) is 5.93. The highest BCUT2D eigenvalue weighted by atomic mass is 19.1. The van der Waals surface area contributed by atoms with Gasteiger partial charge in [0, 0.05) is 24.0 Å². The van der Waals surface area contributed by atoms with Gasteiger partial charge < -0.3 is 10.6 Å². The summed E-state index contributed by atoms with van der Waals surface area (Å²) in [4.78, 5) is 17.1. The first-order valence-electron chi connectivity index (χ1n) is 9.64. The molecule has 1 unspecified atom stereocenters. The summed E-state index contributed by atoms with van der Waals surface area (Å²) in [5.74, 6) is 0.155. The van der Waals surface area contributed by atoms with Crippen molar-refractivity contribution in [3.8, 4) is 6.07 Å². The standard InChI is InChI=1S/C24H23FN4O/c1-15(2)21-11-23(29-20-9-6-18(12-26)16(3)10-20)27-14-22(21)24(30)28-13-17-4-7-19(25)8-5-17/h4-9,11,14,16H,1,10,13H2,2-3H3,(H,27,29)(H,28,30). The second-order valence-electron chi connectivity index (χ2n) is 7.36. The van der Waals surface area contributed by atoms with Gasteiger partial charge in [-0.05, 0) is 60.7 Å². The number of benzene rings is 1. The Morgan fingerprint density at radius 2 is 2.03 bits per heavy atom. The summed E-state index contributed by atoms with van der Waals surface area (Å²) in [7, 11) is 0. The quantitative estimate of drug-likeness (QED) is 0.715. The van der Waals surface area contributed by atoms with Crippen LogP contribution < -0.4 is 10.6 Å². The van der Waals surface area contributed by atoms with E-state index in [1.165, 1.54) is 18.3 Å². The summed E-state index contributed by atoms with van der Waals surface area (Å²) in [6, 6.07) is 9.98. The third-order valence-electron chi connectivity index (χ3n) is 4.91. The van der Waals surface area contributed by atoms with E-state index in [4.69, 9.17) is 5.26 Å². The number of carbonyl (C=O) groups is 1. The maximum absolute atomic E-state index is 13.0. The first-order chi connectivity index (χ1) is 14.4. The molecule has 0 fully saturated rings. The van der Waals surface area contributed by atoms with Crippen LogP contribution in [0.2, 0.25) is 0 Å². The summed E-state index contributed by atoms with van der Waals surface area (Å²) < 4.78 is 13.0. The van der Waals surface area contributed by atoms with Crippen LogP contribution in [-0.4, -0.2) is 10.9 Å². The lowest BCUT2D eigenvalue weighted by Crippen LogP contribution is -2.24. The molecule has 1 atom stereocenters. The van der Waals surface area contributed by atoms with Gasteiger partial charge in [-0.1, -0.05) is 31.2 Å². The zero-order valence-corrected chi connectivity index (χ0v) is 17.0. The van der Waals surface area contributed by atoms with Crippen molar-refractivity contribution >= 4 is 17.3 Å². The molecule has 0 radical (unpaired) electrons. The van der Waals surface area contributed by atoms with Crippen LogP contribution >= 0.6 is 0 Å². The first-order valence-corrected chi connectivity index (χ1v) is 9.64. The molecule has 1 aromatic heterocycles. The molecule has 1 aromatic carbocycles. The minimum Gasteiger partial charge on any atom is -0.348 e. The normalized spacial score (nSPS) is 15.5. The van der Waals surface area contributed by atoms with Crippen molar-refractivity contribution in [2.24, 2.45) is 5.92 Å². The fourth-order valence-corrected chi connectivity index (χ4v) is 3.20. The van der Waals surface area contributed by atoms with E-state index in [-0.39, 0.29) is 24.2 Å². The van der Waals surface area contributed by atoms with Crippen LogP contribution in [0.4, 0.5) is 10.2 Å². The lowest BCUT2D eigenvalue weighted by Gasteiger charge is -2.19. The number of aromatic nitrogens is 1. The van der Waals surface area contributed by atoms with E-state index in [9.17, 15) is 9.18 Å². The third kappa shape index (κ3) is 5.00. The van der Waals surface area contributed by atoms with Gasteiger partial charge in [-0.2, -0.15) is 5.26 Å². The SMILES string of the molecule is C=C(C)c1cc(NC2=CC=C(C#N)C(C)C2)ncc1C(=O)NCc1ccc(F)cc1. The monoisotopic (exact) mass is 402 g/mol. The Bertz CT molecular complexity index is 1080. The molecule has 3 rings (SSSR count). The van der Waals surface area contributed by atoms with Crippen LogP contribution in [0.15, 0.2) is 66.5 Å². The molecular formula is C24H23FN4O. The molecule has 6 heteroatoms. The van der Waals surface area contributed by atoms with Crippen molar-refractivity contribution < 1.29 is 9.18 Å². The van der Waals surface area contributed by atoms with Crippen LogP contribution in [0.1, 0.15) is 41.8 Å². The number of nitrogens with one attached hydrogen (secondary N) is 2. The van der Waals surface area contributed by atoms with Gasteiger partial charge in [0.25, 0.3) is 5.91 Å². The Morgan fingerprint density at radius 1 is 1.30 bits per heavy atom. The Kier molecular flexibility index (Phi) is 6.43. The van der Waals surface area contributed by atoms with Crippen LogP contribution in [0, 0.1) is 23.1 Å². The largest absolute Gasteiger partial charge is 0.348 e. The molecule has 152 valence electrons. The second kappa shape index (κ2) is 9.19. The van der Waals surface area contributed by atoms with Crippen LogP contribution in [0.25, 0.3) is 5.57 Å². The number of nitrogens with zero attached hydrogens (tertiary/aromatic N) is 2. The molecule has 1 aliphatic carbocycles. The van der Waals surface area contributed by atoms with Gasteiger partial charge in [-0.15, -0.1) is 0 Å². The number of nitriles is 1. The summed E-state index contributed by atoms with van der Waals surface area (Å²) in [5, 5.41) is 15.2. The fraction of sp³-hybridized carbons (Fsp3) is 0.208. The highest BCUT2D eigenvalue weighted by Gasteiger charge is 2.17. The van der Waals surface area contributed by atoms with E-state index >= 15 is 0 Å². The van der Waals surface area contributed by atoms with Gasteiger partial charge >= 0.3 is 0 Å². The van der Waals surface area contributed by atoms with Gasteiger partial charge in [-0.3, -0.25) is 4.79 Å². The molecular weight excluding hydrogens is 379 g/mol. The van der Waals surface area contributed by atoms with E-state index in [0.717, 1.165) is 22.4 Å². The molecule has 0 saturated carbocycles. The van der Waals surface area contributed by atoms with Crippen LogP contribution in [0.5, 0.6) is 0 Å². The molecule has 5 nitrogen and oxygen atoms in total. The molecule has 2 N–H and O–H groups in total. The summed E-state index contributed by atoms with van der Waals surface area (Å²) >= 11 is 0. The number of halogens is 1. The predicted molar refractivity (Wildman–Crippen MR) is 116 cm³/mol. The Labute approximate surface area is 175 Å². The van der Waals surface area contributed by atoms with Crippen molar-refractivity contribution in [3.63, 3.8) is 0 Å². The van der Waals surface area contributed by atoms with Crippen molar-refractivity contribution in [1.82, 2.24) is 10.3 Å². The van der Waals surface area contributed by atoms with Gasteiger partial charge in [0.1, 0.15) is 11.6 Å². The van der Waals surface area contributed by atoms with Crippen LogP contribution in [0.3, 0.4) is 0 Å². The number of hydrogen-bond donors (Lipinski definition) is 2. The highest BCUT2D eigenvalue weighted by molar-refractivity contribution is 5.99. The predicted octanol–water partition coefficient (Wildman–Crippen LogP) is 4.97. The lowest BCUT2D eigenvalue weighted by atomic mass is 9.92. The molecule has 30 heavy (non-hydrogen) atoms. The number of pyridine rings is 1. The molecule has 2 aromatic rings. The van der Waals surface area contributed by atoms with Crippen molar-refractivity contribution in [1.29, 1.82) is 5.26 Å². The van der Waals surface area contributed by atoms with Gasteiger partial charge in [-0.25, -0.2) is 9.37 Å². The molecule has 1 heterocycles. The molecule has 0 saturated heterocycles. The minimum absolute atomic E-state index is 0.139. The van der Waals surface area contributed by atoms with Crippen LogP contribution in [-0.2, 0) is 6.54 Å². The number of hydrogen-bond acceptors (Lipinski definition) is 4. The molecule has 0 aliphatic heterocycles. The van der Waals surface area contributed by atoms with Gasteiger partial charge in [0.05, 0.1) is 11.6 Å². The van der Waals surface area contributed by atoms with Gasteiger partial charge in [0.15, 0.2) is 0 Å². The number of carbonyl (C=O) groups excluding carboxylic acids is 1. The van der Waals surface area contributed by atoms with E-state index in [2.05, 4.69) is 28.3 Å². The first kappa shape index (κ1) is 21.0. The highest BCUT2D eigenvalue weighted by Crippen LogP contribution is 2.26. The maximum atomic E-state index is 13.0. The average molecular weight is 402 g/mol. The summed E-state index contributed by atoms with van der Waals surface area (Å²) in [5.41, 5.74) is 4.37. The van der Waals surface area contributed by atoms with E-state index in [0.29, 0.717) is 23.4 Å². The minimum atomic E-state index is -0.316.